The minimum atomic E-state index is -0.248. The maximum absolute atomic E-state index is 12.6. The fourth-order valence-corrected chi connectivity index (χ4v) is 3.61. The van der Waals surface area contributed by atoms with Gasteiger partial charge in [-0.25, -0.2) is 0 Å². The highest BCUT2D eigenvalue weighted by molar-refractivity contribution is 5.95. The van der Waals surface area contributed by atoms with Crippen LogP contribution in [0.15, 0.2) is 0 Å². The number of hydrogen-bond donors (Lipinski definition) is 1. The van der Waals surface area contributed by atoms with Crippen LogP contribution in [-0.2, 0) is 9.59 Å². The summed E-state index contributed by atoms with van der Waals surface area (Å²) in [4.78, 5) is 26.3. The fourth-order valence-electron chi connectivity index (χ4n) is 3.61. The molecule has 2 aliphatic rings. The summed E-state index contributed by atoms with van der Waals surface area (Å²) in [5.41, 5.74) is 0. The largest absolute Gasteiger partial charge is 0.342 e. The third-order valence-corrected chi connectivity index (χ3v) is 4.88. The molecule has 2 amide bonds. The van der Waals surface area contributed by atoms with Gasteiger partial charge in [0.25, 0.3) is 0 Å². The molecule has 0 aromatic heterocycles. The minimum absolute atomic E-state index is 0.0266. The van der Waals surface area contributed by atoms with Gasteiger partial charge in [-0.1, -0.05) is 51.9 Å². The quantitative estimate of drug-likeness (QED) is 0.734. The molecule has 2 rings (SSSR count). The Morgan fingerprint density at radius 3 is 2.48 bits per heavy atom. The predicted octanol–water partition coefficient (Wildman–Crippen LogP) is 2.86. The molecule has 0 aromatic rings. The molecule has 1 unspecified atom stereocenters. The highest BCUT2D eigenvalue weighted by Crippen LogP contribution is 2.28. The number of unbranched alkanes of at least 4 members (excludes halogenated alkanes) is 4. The molecule has 4 nitrogen and oxygen atoms in total. The summed E-state index contributed by atoms with van der Waals surface area (Å²) in [7, 11) is 0. The van der Waals surface area contributed by atoms with E-state index in [4.69, 9.17) is 0 Å². The number of nitrogens with zero attached hydrogens (tertiary/aromatic N) is 1. The van der Waals surface area contributed by atoms with E-state index in [1.165, 1.54) is 38.5 Å². The third-order valence-electron chi connectivity index (χ3n) is 4.88. The van der Waals surface area contributed by atoms with Crippen molar-refractivity contribution >= 4 is 11.8 Å². The fraction of sp³-hybridized carbons (Fsp3) is 0.882. The number of piperazine rings is 1. The minimum Gasteiger partial charge on any atom is -0.342 e. The summed E-state index contributed by atoms with van der Waals surface area (Å²) in [5.74, 6) is 0.550. The van der Waals surface area contributed by atoms with Crippen LogP contribution in [0, 0.1) is 5.92 Å². The Morgan fingerprint density at radius 2 is 1.76 bits per heavy atom. The van der Waals surface area contributed by atoms with Crippen LogP contribution < -0.4 is 5.32 Å². The normalized spacial score (nSPS) is 24.2. The van der Waals surface area contributed by atoms with Gasteiger partial charge in [-0.05, 0) is 25.2 Å². The first kappa shape index (κ1) is 16.3. The molecule has 1 saturated carbocycles. The second-order valence-corrected chi connectivity index (χ2v) is 6.62. The molecule has 0 radical (unpaired) electrons. The number of nitrogens with one attached hydrogen (secondary N) is 1. The number of hydrogen-bond acceptors (Lipinski definition) is 2. The van der Waals surface area contributed by atoms with Gasteiger partial charge >= 0.3 is 0 Å². The van der Waals surface area contributed by atoms with Crippen LogP contribution in [-0.4, -0.2) is 35.8 Å². The second-order valence-electron chi connectivity index (χ2n) is 6.62. The van der Waals surface area contributed by atoms with E-state index in [1.807, 2.05) is 0 Å². The van der Waals surface area contributed by atoms with Crippen LogP contribution in [0.25, 0.3) is 0 Å². The average molecular weight is 294 g/mol. The molecule has 0 aromatic carbocycles. The van der Waals surface area contributed by atoms with E-state index in [0.717, 1.165) is 32.2 Å². The first-order valence-corrected chi connectivity index (χ1v) is 8.80. The Morgan fingerprint density at radius 1 is 1.05 bits per heavy atom. The Bertz CT molecular complexity index is 351. The predicted molar refractivity (Wildman–Crippen MR) is 83.8 cm³/mol. The molecule has 1 aliphatic heterocycles. The summed E-state index contributed by atoms with van der Waals surface area (Å²) < 4.78 is 0. The number of rotatable bonds is 7. The lowest BCUT2D eigenvalue weighted by Gasteiger charge is -2.37. The van der Waals surface area contributed by atoms with Crippen LogP contribution in [0.3, 0.4) is 0 Å². The molecule has 21 heavy (non-hydrogen) atoms. The standard InChI is InChI=1S/C17H30N2O2/c1-2-3-4-5-9-12-19-13-15(20)18-16(17(19)21)14-10-7-6-8-11-14/h14,16H,2-13H2,1H3,(H,18,20). The van der Waals surface area contributed by atoms with Gasteiger partial charge in [-0.2, -0.15) is 0 Å². The number of carbonyl (C=O) groups excluding carboxylic acids is 2. The molecule has 1 aliphatic carbocycles. The lowest BCUT2D eigenvalue weighted by Crippen LogP contribution is -2.60. The smallest absolute Gasteiger partial charge is 0.245 e. The molecule has 1 saturated heterocycles. The second kappa shape index (κ2) is 8.40. The Kier molecular flexibility index (Phi) is 6.52. The van der Waals surface area contributed by atoms with E-state index in [-0.39, 0.29) is 24.4 Å². The van der Waals surface area contributed by atoms with Crippen molar-refractivity contribution in [3.05, 3.63) is 0 Å². The molecule has 0 bridgehead atoms. The van der Waals surface area contributed by atoms with E-state index in [1.54, 1.807) is 4.90 Å². The lowest BCUT2D eigenvalue weighted by atomic mass is 9.82. The Labute approximate surface area is 128 Å². The zero-order valence-corrected chi connectivity index (χ0v) is 13.4. The molecular formula is C17H30N2O2. The first-order chi connectivity index (χ1) is 10.2. The number of amides is 2. The molecule has 0 spiro atoms. The van der Waals surface area contributed by atoms with Gasteiger partial charge in [0.05, 0.1) is 6.54 Å². The van der Waals surface area contributed by atoms with Crippen molar-refractivity contribution in [1.29, 1.82) is 0 Å². The zero-order valence-electron chi connectivity index (χ0n) is 13.4. The van der Waals surface area contributed by atoms with Gasteiger partial charge in [-0.3, -0.25) is 9.59 Å². The molecular weight excluding hydrogens is 264 g/mol. The van der Waals surface area contributed by atoms with Crippen LogP contribution in [0.2, 0.25) is 0 Å². The third kappa shape index (κ3) is 4.72. The summed E-state index contributed by atoms with van der Waals surface area (Å²) in [6.45, 7) is 3.21. The molecule has 1 N–H and O–H groups in total. The summed E-state index contributed by atoms with van der Waals surface area (Å²) in [6, 6.07) is -0.248. The molecule has 2 fully saturated rings. The Balaban J connectivity index is 1.83. The lowest BCUT2D eigenvalue weighted by molar-refractivity contribution is -0.146. The zero-order chi connectivity index (χ0) is 15.1. The van der Waals surface area contributed by atoms with Gasteiger partial charge in [0.1, 0.15) is 6.04 Å². The summed E-state index contributed by atoms with van der Waals surface area (Å²) >= 11 is 0. The SMILES string of the molecule is CCCCCCCN1CC(=O)NC(C2CCCCC2)C1=O. The topological polar surface area (TPSA) is 49.4 Å². The van der Waals surface area contributed by atoms with Crippen molar-refractivity contribution in [1.82, 2.24) is 10.2 Å². The molecule has 1 atom stereocenters. The van der Waals surface area contributed by atoms with Crippen LogP contribution >= 0.6 is 0 Å². The van der Waals surface area contributed by atoms with E-state index in [9.17, 15) is 9.59 Å². The van der Waals surface area contributed by atoms with Crippen LogP contribution in [0.1, 0.15) is 71.1 Å². The van der Waals surface area contributed by atoms with Gasteiger partial charge in [0, 0.05) is 6.54 Å². The van der Waals surface area contributed by atoms with Crippen molar-refractivity contribution in [3.63, 3.8) is 0 Å². The van der Waals surface area contributed by atoms with Crippen LogP contribution in [0.4, 0.5) is 0 Å². The molecule has 120 valence electrons. The van der Waals surface area contributed by atoms with Crippen LogP contribution in [0.5, 0.6) is 0 Å². The van der Waals surface area contributed by atoms with E-state index >= 15 is 0 Å². The summed E-state index contributed by atoms with van der Waals surface area (Å²) in [5, 5.41) is 2.95. The van der Waals surface area contributed by atoms with Crippen molar-refractivity contribution in [2.45, 2.75) is 77.2 Å². The van der Waals surface area contributed by atoms with E-state index < -0.39 is 0 Å². The highest BCUT2D eigenvalue weighted by atomic mass is 16.2. The van der Waals surface area contributed by atoms with E-state index in [0.29, 0.717) is 5.92 Å². The maximum Gasteiger partial charge on any atom is 0.245 e. The van der Waals surface area contributed by atoms with Gasteiger partial charge in [0.2, 0.25) is 11.8 Å². The number of carbonyl (C=O) groups is 2. The highest BCUT2D eigenvalue weighted by Gasteiger charge is 2.37. The average Bonchev–Trinajstić information content (AvgIpc) is 2.51. The van der Waals surface area contributed by atoms with Crippen molar-refractivity contribution in [2.24, 2.45) is 5.92 Å². The van der Waals surface area contributed by atoms with Gasteiger partial charge < -0.3 is 10.2 Å². The monoisotopic (exact) mass is 294 g/mol. The molecule has 4 heteroatoms. The maximum atomic E-state index is 12.6. The first-order valence-electron chi connectivity index (χ1n) is 8.80. The van der Waals surface area contributed by atoms with Gasteiger partial charge in [0.15, 0.2) is 0 Å². The van der Waals surface area contributed by atoms with Crippen molar-refractivity contribution in [2.75, 3.05) is 13.1 Å². The summed E-state index contributed by atoms with van der Waals surface area (Å²) in [6.07, 6.45) is 11.7. The van der Waals surface area contributed by atoms with E-state index in [2.05, 4.69) is 12.2 Å². The molecule has 1 heterocycles. The van der Waals surface area contributed by atoms with Gasteiger partial charge in [-0.15, -0.1) is 0 Å². The van der Waals surface area contributed by atoms with Crippen molar-refractivity contribution in [3.8, 4) is 0 Å². The Hall–Kier alpha value is -1.06. The van der Waals surface area contributed by atoms with Crippen molar-refractivity contribution < 1.29 is 9.59 Å².